The molecule has 2 amide bonds. The van der Waals surface area contributed by atoms with E-state index in [1.165, 1.54) is 6.42 Å². The van der Waals surface area contributed by atoms with E-state index in [4.69, 9.17) is 9.47 Å². The summed E-state index contributed by atoms with van der Waals surface area (Å²) < 4.78 is 12.7. The third-order valence-electron chi connectivity index (χ3n) is 8.34. The first-order valence-corrected chi connectivity index (χ1v) is 14.9. The first-order valence-electron chi connectivity index (χ1n) is 14.9. The zero-order valence-corrected chi connectivity index (χ0v) is 25.0. The van der Waals surface area contributed by atoms with Crippen LogP contribution in [0.25, 0.3) is 0 Å². The van der Waals surface area contributed by atoms with Crippen LogP contribution in [0, 0.1) is 11.8 Å². The largest absolute Gasteiger partial charge is 0.490 e. The van der Waals surface area contributed by atoms with Gasteiger partial charge < -0.3 is 29.3 Å². The minimum absolute atomic E-state index is 0.0483. The lowest BCUT2D eigenvalue weighted by atomic mass is 9.88. The van der Waals surface area contributed by atoms with E-state index < -0.39 is 0 Å². The van der Waals surface area contributed by atoms with Gasteiger partial charge >= 0.3 is 0 Å². The Labute approximate surface area is 235 Å². The van der Waals surface area contributed by atoms with Crippen molar-refractivity contribution in [3.63, 3.8) is 0 Å². The lowest BCUT2D eigenvalue weighted by Gasteiger charge is -2.36. The van der Waals surface area contributed by atoms with Crippen LogP contribution >= 0.6 is 0 Å². The molecule has 0 unspecified atom stereocenters. The van der Waals surface area contributed by atoms with Crippen LogP contribution in [0.1, 0.15) is 82.5 Å². The van der Waals surface area contributed by atoms with Gasteiger partial charge in [0.15, 0.2) is 0 Å². The van der Waals surface area contributed by atoms with Gasteiger partial charge in [0.1, 0.15) is 5.75 Å². The summed E-state index contributed by atoms with van der Waals surface area (Å²) in [5.74, 6) is 0.666. The molecule has 0 spiro atoms. The molecule has 1 aliphatic heterocycles. The number of nitrogens with zero attached hydrogens (tertiary/aromatic N) is 3. The van der Waals surface area contributed by atoms with Crippen LogP contribution in [0.15, 0.2) is 18.2 Å². The van der Waals surface area contributed by atoms with Crippen LogP contribution in [0.3, 0.4) is 0 Å². The van der Waals surface area contributed by atoms with E-state index in [-0.39, 0.29) is 48.5 Å². The van der Waals surface area contributed by atoms with Gasteiger partial charge in [0.2, 0.25) is 5.91 Å². The first kappa shape index (κ1) is 31.2. The Morgan fingerprint density at radius 3 is 2.44 bits per heavy atom. The van der Waals surface area contributed by atoms with Gasteiger partial charge in [0.25, 0.3) is 5.91 Å². The Bertz CT molecular complexity index is 933. The number of anilines is 1. The maximum absolute atomic E-state index is 14.1. The maximum atomic E-state index is 14.1. The topological polar surface area (TPSA) is 82.6 Å². The number of aliphatic hydroxyl groups excluding tert-OH is 1. The minimum atomic E-state index is -0.386. The summed E-state index contributed by atoms with van der Waals surface area (Å²) in [5.41, 5.74) is 1.41. The molecule has 1 aromatic carbocycles. The molecule has 1 heterocycles. The summed E-state index contributed by atoms with van der Waals surface area (Å²) in [7, 11) is 5.78. The van der Waals surface area contributed by atoms with Crippen molar-refractivity contribution in [3.05, 3.63) is 23.8 Å². The number of aliphatic hydroxyl groups is 1. The molecule has 0 bridgehead atoms. The van der Waals surface area contributed by atoms with Crippen LogP contribution in [0.2, 0.25) is 0 Å². The molecule has 8 heteroatoms. The zero-order chi connectivity index (χ0) is 28.5. The highest BCUT2D eigenvalue weighted by molar-refractivity contribution is 5.98. The number of ether oxygens (including phenoxy) is 2. The predicted molar refractivity (Wildman–Crippen MR) is 155 cm³/mol. The summed E-state index contributed by atoms with van der Waals surface area (Å²) >= 11 is 0. The fraction of sp³-hybridized carbons (Fsp3) is 0.742. The van der Waals surface area contributed by atoms with Crippen molar-refractivity contribution < 1.29 is 24.2 Å². The van der Waals surface area contributed by atoms with Gasteiger partial charge in [0.05, 0.1) is 30.4 Å². The first-order chi connectivity index (χ1) is 18.6. The number of fused-ring (bicyclic) bond motifs is 1. The molecule has 220 valence electrons. The van der Waals surface area contributed by atoms with Crippen molar-refractivity contribution in [2.75, 3.05) is 52.3 Å². The number of likely N-dealkylation sites (N-methyl/N-ethyl adjacent to an activating group) is 1. The number of carbonyl (C=O) groups is 2. The van der Waals surface area contributed by atoms with Crippen molar-refractivity contribution in [2.45, 2.75) is 90.4 Å². The fourth-order valence-electron chi connectivity index (χ4n) is 5.67. The number of benzene rings is 1. The monoisotopic (exact) mass is 545 g/mol. The molecule has 1 fully saturated rings. The molecule has 1 aliphatic carbocycles. The summed E-state index contributed by atoms with van der Waals surface area (Å²) in [6.07, 6.45) is 7.83. The molecule has 8 nitrogen and oxygen atoms in total. The van der Waals surface area contributed by atoms with Crippen LogP contribution in [-0.2, 0) is 9.53 Å². The molecular weight excluding hydrogens is 494 g/mol. The second kappa shape index (κ2) is 14.9. The number of carbonyl (C=O) groups excluding carboxylic acids is 2. The van der Waals surface area contributed by atoms with E-state index in [0.29, 0.717) is 31.0 Å². The van der Waals surface area contributed by atoms with Crippen molar-refractivity contribution in [3.8, 4) is 5.75 Å². The van der Waals surface area contributed by atoms with Gasteiger partial charge in [-0.05, 0) is 64.2 Å². The lowest BCUT2D eigenvalue weighted by Crippen LogP contribution is -2.48. The minimum Gasteiger partial charge on any atom is -0.490 e. The summed E-state index contributed by atoms with van der Waals surface area (Å²) in [5, 5.41) is 10.1. The average molecular weight is 546 g/mol. The molecule has 3 rings (SSSR count). The van der Waals surface area contributed by atoms with Gasteiger partial charge in [-0.15, -0.1) is 0 Å². The van der Waals surface area contributed by atoms with E-state index in [1.54, 1.807) is 4.90 Å². The summed E-state index contributed by atoms with van der Waals surface area (Å²) in [4.78, 5) is 32.9. The molecule has 0 saturated heterocycles. The number of rotatable bonds is 6. The van der Waals surface area contributed by atoms with Crippen molar-refractivity contribution >= 4 is 17.5 Å². The van der Waals surface area contributed by atoms with Gasteiger partial charge in [-0.2, -0.15) is 0 Å². The molecule has 0 radical (unpaired) electrons. The molecule has 0 aromatic heterocycles. The van der Waals surface area contributed by atoms with Crippen LogP contribution in [0.4, 0.5) is 5.69 Å². The van der Waals surface area contributed by atoms with Crippen molar-refractivity contribution in [1.29, 1.82) is 0 Å². The highest BCUT2D eigenvalue weighted by Gasteiger charge is 2.32. The molecule has 2 aliphatic rings. The van der Waals surface area contributed by atoms with Gasteiger partial charge in [0, 0.05) is 58.4 Å². The Morgan fingerprint density at radius 2 is 1.77 bits per heavy atom. The summed E-state index contributed by atoms with van der Waals surface area (Å²) in [6.45, 7) is 7.32. The van der Waals surface area contributed by atoms with E-state index >= 15 is 0 Å². The number of amides is 2. The lowest BCUT2D eigenvalue weighted by molar-refractivity contribution is -0.137. The number of hydrogen-bond donors (Lipinski definition) is 1. The second-order valence-corrected chi connectivity index (χ2v) is 11.9. The Balaban J connectivity index is 1.89. The van der Waals surface area contributed by atoms with Gasteiger partial charge in [-0.25, -0.2) is 0 Å². The molecule has 1 aromatic rings. The maximum Gasteiger partial charge on any atom is 0.258 e. The van der Waals surface area contributed by atoms with Crippen LogP contribution in [0.5, 0.6) is 5.75 Å². The third kappa shape index (κ3) is 8.58. The van der Waals surface area contributed by atoms with E-state index in [9.17, 15) is 14.7 Å². The predicted octanol–water partition coefficient (Wildman–Crippen LogP) is 4.59. The SMILES string of the molecule is C[C@@H]1CCCCO[C@@H](CN(C)C(=O)C2CCCCC2)[C@@H](C)CN([C@@H](C)CO)C(=O)c2cc(N(C)C)ccc2O1. The molecular formula is C31H51N3O5. The van der Waals surface area contributed by atoms with Crippen LogP contribution < -0.4 is 9.64 Å². The van der Waals surface area contributed by atoms with Crippen molar-refractivity contribution in [1.82, 2.24) is 9.80 Å². The number of hydrogen-bond acceptors (Lipinski definition) is 6. The van der Waals surface area contributed by atoms with E-state index in [0.717, 1.165) is 50.6 Å². The Hall–Kier alpha value is -2.32. The Kier molecular flexibility index (Phi) is 11.9. The third-order valence-corrected chi connectivity index (χ3v) is 8.34. The molecule has 4 atom stereocenters. The second-order valence-electron chi connectivity index (χ2n) is 11.9. The van der Waals surface area contributed by atoms with Gasteiger partial charge in [-0.3, -0.25) is 9.59 Å². The van der Waals surface area contributed by atoms with Crippen molar-refractivity contribution in [2.24, 2.45) is 11.8 Å². The standard InChI is InChI=1S/C31H51N3O5/c1-22-19-34(23(2)21-35)31(37)27-18-26(32(4)5)15-16-28(27)39-24(3)12-10-11-17-38-29(22)20-33(6)30(36)25-13-8-7-9-14-25/h15-16,18,22-25,29,35H,7-14,17,19-21H2,1-6H3/t22-,23-,24+,29-/m0/s1. The molecule has 1 saturated carbocycles. The molecule has 39 heavy (non-hydrogen) atoms. The highest BCUT2D eigenvalue weighted by atomic mass is 16.5. The van der Waals surface area contributed by atoms with E-state index in [1.807, 2.05) is 63.0 Å². The average Bonchev–Trinajstić information content (AvgIpc) is 2.93. The van der Waals surface area contributed by atoms with E-state index in [2.05, 4.69) is 6.92 Å². The quantitative estimate of drug-likeness (QED) is 0.563. The highest BCUT2D eigenvalue weighted by Crippen LogP contribution is 2.30. The summed E-state index contributed by atoms with van der Waals surface area (Å²) in [6, 6.07) is 5.34. The zero-order valence-electron chi connectivity index (χ0n) is 25.0. The molecule has 1 N–H and O–H groups in total. The van der Waals surface area contributed by atoms with Gasteiger partial charge in [-0.1, -0.05) is 26.2 Å². The van der Waals surface area contributed by atoms with Crippen LogP contribution in [-0.4, -0.2) is 92.4 Å². The Morgan fingerprint density at radius 1 is 1.08 bits per heavy atom. The normalized spacial score (nSPS) is 24.7. The fourth-order valence-corrected chi connectivity index (χ4v) is 5.67. The smallest absolute Gasteiger partial charge is 0.258 e.